The van der Waals surface area contributed by atoms with Crippen molar-refractivity contribution < 1.29 is 9.47 Å². The van der Waals surface area contributed by atoms with Crippen molar-refractivity contribution in [1.82, 2.24) is 0 Å². The Kier molecular flexibility index (Phi) is 6.02. The van der Waals surface area contributed by atoms with Crippen LogP contribution in [-0.2, 0) is 10.6 Å². The number of ether oxygens (including phenoxy) is 2. The van der Waals surface area contributed by atoms with E-state index in [2.05, 4.69) is 19.6 Å². The minimum atomic E-state index is -1.01. The van der Waals surface area contributed by atoms with E-state index < -0.39 is 8.07 Å². The fourth-order valence-electron chi connectivity index (χ4n) is 1.30. The van der Waals surface area contributed by atoms with Crippen LogP contribution >= 0.6 is 11.6 Å². The van der Waals surface area contributed by atoms with E-state index in [-0.39, 0.29) is 0 Å². The molecule has 17 heavy (non-hydrogen) atoms. The Hall–Kier alpha value is -0.513. The largest absolute Gasteiger partial charge is 0.467 e. The highest BCUT2D eigenvalue weighted by Crippen LogP contribution is 2.19. The van der Waals surface area contributed by atoms with E-state index in [1.165, 1.54) is 0 Å². The molecule has 0 N–H and O–H groups in total. The van der Waals surface area contributed by atoms with Crippen LogP contribution in [0.4, 0.5) is 0 Å². The summed E-state index contributed by atoms with van der Waals surface area (Å²) in [4.78, 5) is 0. The first-order valence-electron chi connectivity index (χ1n) is 5.87. The molecule has 4 heteroatoms. The number of hydrogen-bond acceptors (Lipinski definition) is 2. The summed E-state index contributed by atoms with van der Waals surface area (Å²) in [6.07, 6.45) is 0. The number of alkyl halides is 1. The zero-order chi connectivity index (χ0) is 12.7. The van der Waals surface area contributed by atoms with Gasteiger partial charge in [0.1, 0.15) is 5.75 Å². The number of para-hydroxylation sites is 1. The van der Waals surface area contributed by atoms with Crippen LogP contribution in [0.5, 0.6) is 5.75 Å². The molecule has 0 unspecified atom stereocenters. The van der Waals surface area contributed by atoms with Crippen LogP contribution in [0.1, 0.15) is 5.56 Å². The first-order chi connectivity index (χ1) is 8.03. The molecular formula is C13H21ClO2Si. The van der Waals surface area contributed by atoms with Crippen molar-refractivity contribution in [2.24, 2.45) is 0 Å². The Labute approximate surface area is 110 Å². The third kappa shape index (κ3) is 6.10. The van der Waals surface area contributed by atoms with Gasteiger partial charge in [-0.15, -0.1) is 11.6 Å². The molecule has 0 bridgehead atoms. The average Bonchev–Trinajstić information content (AvgIpc) is 2.27. The molecule has 0 heterocycles. The molecule has 0 radical (unpaired) electrons. The molecular weight excluding hydrogens is 252 g/mol. The molecule has 0 spiro atoms. The fraction of sp³-hybridized carbons (Fsp3) is 0.538. The molecule has 0 saturated carbocycles. The van der Waals surface area contributed by atoms with Crippen molar-refractivity contribution in [3.05, 3.63) is 29.8 Å². The molecule has 0 aliphatic heterocycles. The summed E-state index contributed by atoms with van der Waals surface area (Å²) in [5.74, 6) is 1.28. The molecule has 1 aromatic carbocycles. The Morgan fingerprint density at radius 2 is 1.88 bits per heavy atom. The molecule has 0 saturated heterocycles. The molecule has 1 rings (SSSR count). The van der Waals surface area contributed by atoms with Crippen LogP contribution in [0.15, 0.2) is 24.3 Å². The zero-order valence-electron chi connectivity index (χ0n) is 10.8. The van der Waals surface area contributed by atoms with Crippen molar-refractivity contribution in [2.45, 2.75) is 31.6 Å². The maximum Gasteiger partial charge on any atom is 0.189 e. The summed E-state index contributed by atoms with van der Waals surface area (Å²) in [5, 5.41) is 0. The summed E-state index contributed by atoms with van der Waals surface area (Å²) < 4.78 is 11.0. The minimum absolute atomic E-state index is 0.304. The van der Waals surface area contributed by atoms with Gasteiger partial charge in [0.25, 0.3) is 0 Å². The standard InChI is InChI=1S/C13H21ClO2Si/c1-17(2,3)9-8-15-11-16-13-7-5-4-6-12(13)10-14/h4-7H,8-11H2,1-3H3. The lowest BCUT2D eigenvalue weighted by Gasteiger charge is -2.16. The van der Waals surface area contributed by atoms with E-state index >= 15 is 0 Å². The van der Waals surface area contributed by atoms with Crippen molar-refractivity contribution in [3.8, 4) is 5.75 Å². The van der Waals surface area contributed by atoms with Gasteiger partial charge >= 0.3 is 0 Å². The van der Waals surface area contributed by atoms with Gasteiger partial charge in [-0.3, -0.25) is 0 Å². The first-order valence-corrected chi connectivity index (χ1v) is 10.1. The van der Waals surface area contributed by atoms with Crippen LogP contribution in [0.25, 0.3) is 0 Å². The maximum atomic E-state index is 5.82. The second kappa shape index (κ2) is 7.04. The number of rotatable bonds is 7. The van der Waals surface area contributed by atoms with E-state index in [9.17, 15) is 0 Å². The average molecular weight is 273 g/mol. The highest BCUT2D eigenvalue weighted by Gasteiger charge is 2.12. The SMILES string of the molecule is C[Si](C)(C)CCOCOc1ccccc1CCl. The highest BCUT2D eigenvalue weighted by molar-refractivity contribution is 6.76. The molecule has 0 aliphatic rings. The van der Waals surface area contributed by atoms with Crippen molar-refractivity contribution in [1.29, 1.82) is 0 Å². The molecule has 2 nitrogen and oxygen atoms in total. The van der Waals surface area contributed by atoms with Gasteiger partial charge in [-0.1, -0.05) is 37.8 Å². The van der Waals surface area contributed by atoms with Gasteiger partial charge in [0.2, 0.25) is 0 Å². The van der Waals surface area contributed by atoms with Gasteiger partial charge < -0.3 is 9.47 Å². The molecule has 96 valence electrons. The Morgan fingerprint density at radius 3 is 2.53 bits per heavy atom. The summed E-state index contributed by atoms with van der Waals surface area (Å²) in [5.41, 5.74) is 1.00. The van der Waals surface area contributed by atoms with Crippen LogP contribution < -0.4 is 4.74 Å². The van der Waals surface area contributed by atoms with Gasteiger partial charge in [0.05, 0.1) is 5.88 Å². The van der Waals surface area contributed by atoms with Crippen LogP contribution in [-0.4, -0.2) is 21.5 Å². The number of benzene rings is 1. The lowest BCUT2D eigenvalue weighted by atomic mass is 10.2. The number of hydrogen-bond donors (Lipinski definition) is 0. The predicted molar refractivity (Wildman–Crippen MR) is 75.6 cm³/mol. The Bertz CT molecular complexity index is 336. The molecule has 1 aromatic rings. The minimum Gasteiger partial charge on any atom is -0.467 e. The second-order valence-electron chi connectivity index (χ2n) is 5.22. The van der Waals surface area contributed by atoms with Gasteiger partial charge in [0.15, 0.2) is 6.79 Å². The van der Waals surface area contributed by atoms with Gasteiger partial charge in [-0.2, -0.15) is 0 Å². The third-order valence-electron chi connectivity index (χ3n) is 2.41. The van der Waals surface area contributed by atoms with Crippen LogP contribution in [0, 0.1) is 0 Å². The predicted octanol–water partition coefficient (Wildman–Crippen LogP) is 4.12. The molecule has 0 amide bonds. The monoisotopic (exact) mass is 272 g/mol. The lowest BCUT2D eigenvalue weighted by Crippen LogP contribution is -2.22. The van der Waals surface area contributed by atoms with E-state index in [0.717, 1.165) is 24.0 Å². The maximum absolute atomic E-state index is 5.82. The molecule has 0 atom stereocenters. The zero-order valence-corrected chi connectivity index (χ0v) is 12.6. The fourth-order valence-corrected chi connectivity index (χ4v) is 2.27. The van der Waals surface area contributed by atoms with E-state index in [0.29, 0.717) is 12.7 Å². The van der Waals surface area contributed by atoms with Gasteiger partial charge in [-0.25, -0.2) is 0 Å². The van der Waals surface area contributed by atoms with Crippen molar-refractivity contribution in [2.75, 3.05) is 13.4 Å². The smallest absolute Gasteiger partial charge is 0.189 e. The van der Waals surface area contributed by atoms with Gasteiger partial charge in [0, 0.05) is 20.2 Å². The summed E-state index contributed by atoms with van der Waals surface area (Å²) in [6, 6.07) is 8.93. The van der Waals surface area contributed by atoms with Crippen molar-refractivity contribution in [3.63, 3.8) is 0 Å². The summed E-state index contributed by atoms with van der Waals surface area (Å²) in [6.45, 7) is 8.08. The highest BCUT2D eigenvalue weighted by atomic mass is 35.5. The normalized spacial score (nSPS) is 11.5. The second-order valence-corrected chi connectivity index (χ2v) is 11.1. The van der Waals surface area contributed by atoms with Crippen molar-refractivity contribution >= 4 is 19.7 Å². The molecule has 0 aromatic heterocycles. The van der Waals surface area contributed by atoms with E-state index in [1.807, 2.05) is 24.3 Å². The quantitative estimate of drug-likeness (QED) is 0.322. The first kappa shape index (κ1) is 14.5. The lowest BCUT2D eigenvalue weighted by molar-refractivity contribution is 0.0216. The van der Waals surface area contributed by atoms with Crippen LogP contribution in [0.3, 0.4) is 0 Å². The summed E-state index contributed by atoms with van der Waals surface area (Å²) >= 11 is 5.82. The summed E-state index contributed by atoms with van der Waals surface area (Å²) in [7, 11) is -1.01. The molecule has 0 fully saturated rings. The Morgan fingerprint density at radius 1 is 1.18 bits per heavy atom. The van der Waals surface area contributed by atoms with Crippen LogP contribution in [0.2, 0.25) is 25.7 Å². The third-order valence-corrected chi connectivity index (χ3v) is 4.40. The molecule has 0 aliphatic carbocycles. The van der Waals surface area contributed by atoms with E-state index in [4.69, 9.17) is 21.1 Å². The van der Waals surface area contributed by atoms with Gasteiger partial charge in [-0.05, 0) is 12.1 Å². The van der Waals surface area contributed by atoms with E-state index in [1.54, 1.807) is 0 Å². The number of halogens is 1. The Balaban J connectivity index is 2.27. The topological polar surface area (TPSA) is 18.5 Å².